The van der Waals surface area contributed by atoms with Gasteiger partial charge in [0, 0.05) is 33.9 Å². The van der Waals surface area contributed by atoms with Crippen molar-refractivity contribution < 1.29 is 0 Å². The average Bonchev–Trinajstić information content (AvgIpc) is 2.53. The SMILES string of the molecule is CN(C)C(=NC(=NC1CCCCC1)Nc1ccccc1)N(C)C. The summed E-state index contributed by atoms with van der Waals surface area (Å²) in [6, 6.07) is 10.5. The van der Waals surface area contributed by atoms with Crippen LogP contribution in [-0.4, -0.2) is 56.0 Å². The van der Waals surface area contributed by atoms with Gasteiger partial charge in [0.05, 0.1) is 6.04 Å². The van der Waals surface area contributed by atoms with Crippen LogP contribution in [0.5, 0.6) is 0 Å². The second kappa shape index (κ2) is 8.56. The number of nitrogens with one attached hydrogen (secondary N) is 1. The number of guanidine groups is 2. The summed E-state index contributed by atoms with van der Waals surface area (Å²) in [5, 5.41) is 3.38. The zero-order chi connectivity index (χ0) is 16.7. The normalized spacial score (nSPS) is 15.9. The molecule has 0 bridgehead atoms. The van der Waals surface area contributed by atoms with E-state index in [1.807, 2.05) is 68.3 Å². The van der Waals surface area contributed by atoms with Crippen molar-refractivity contribution in [3.63, 3.8) is 0 Å². The zero-order valence-electron chi connectivity index (χ0n) is 14.8. The first-order valence-corrected chi connectivity index (χ1v) is 8.39. The first kappa shape index (κ1) is 17.3. The minimum absolute atomic E-state index is 0.379. The Hall–Kier alpha value is -2.04. The molecule has 126 valence electrons. The quantitative estimate of drug-likeness (QED) is 0.673. The van der Waals surface area contributed by atoms with Crippen molar-refractivity contribution in [3.05, 3.63) is 30.3 Å². The molecule has 0 amide bonds. The molecule has 1 fully saturated rings. The van der Waals surface area contributed by atoms with Gasteiger partial charge in [-0.3, -0.25) is 0 Å². The van der Waals surface area contributed by atoms with Crippen molar-refractivity contribution in [3.8, 4) is 0 Å². The molecule has 0 unspecified atom stereocenters. The monoisotopic (exact) mass is 315 g/mol. The number of para-hydroxylation sites is 1. The smallest absolute Gasteiger partial charge is 0.226 e. The van der Waals surface area contributed by atoms with Crippen LogP contribution < -0.4 is 5.32 Å². The van der Waals surface area contributed by atoms with Crippen LogP contribution in [0, 0.1) is 0 Å². The first-order valence-electron chi connectivity index (χ1n) is 8.39. The third kappa shape index (κ3) is 5.58. The predicted octanol–water partition coefficient (Wildman–Crippen LogP) is 3.27. The summed E-state index contributed by atoms with van der Waals surface area (Å²) in [5.41, 5.74) is 1.02. The van der Waals surface area contributed by atoms with E-state index in [2.05, 4.69) is 5.32 Å². The van der Waals surface area contributed by atoms with E-state index in [9.17, 15) is 0 Å². The lowest BCUT2D eigenvalue weighted by molar-refractivity contribution is 0.443. The largest absolute Gasteiger partial charge is 0.349 e. The molecule has 1 aliphatic rings. The molecular weight excluding hydrogens is 286 g/mol. The topological polar surface area (TPSA) is 43.2 Å². The second-order valence-electron chi connectivity index (χ2n) is 6.44. The van der Waals surface area contributed by atoms with Gasteiger partial charge in [-0.05, 0) is 25.0 Å². The van der Waals surface area contributed by atoms with Crippen molar-refractivity contribution in [2.75, 3.05) is 33.5 Å². The Morgan fingerprint density at radius 2 is 1.57 bits per heavy atom. The van der Waals surface area contributed by atoms with Crippen LogP contribution in [0.25, 0.3) is 0 Å². The Kier molecular flexibility index (Phi) is 6.44. The van der Waals surface area contributed by atoms with E-state index < -0.39 is 0 Å². The Labute approximate surface area is 140 Å². The Morgan fingerprint density at radius 1 is 0.957 bits per heavy atom. The van der Waals surface area contributed by atoms with Crippen molar-refractivity contribution in [2.24, 2.45) is 9.98 Å². The van der Waals surface area contributed by atoms with Gasteiger partial charge < -0.3 is 15.1 Å². The van der Waals surface area contributed by atoms with Gasteiger partial charge in [0.1, 0.15) is 0 Å². The molecule has 1 aliphatic carbocycles. The van der Waals surface area contributed by atoms with Gasteiger partial charge in [0.25, 0.3) is 0 Å². The maximum absolute atomic E-state index is 4.90. The van der Waals surface area contributed by atoms with Gasteiger partial charge in [-0.1, -0.05) is 37.5 Å². The second-order valence-corrected chi connectivity index (χ2v) is 6.44. The van der Waals surface area contributed by atoms with Crippen LogP contribution in [0.3, 0.4) is 0 Å². The van der Waals surface area contributed by atoms with Crippen molar-refractivity contribution in [1.29, 1.82) is 0 Å². The lowest BCUT2D eigenvalue weighted by atomic mass is 9.96. The van der Waals surface area contributed by atoms with E-state index in [1.54, 1.807) is 0 Å². The van der Waals surface area contributed by atoms with Crippen molar-refractivity contribution in [2.45, 2.75) is 38.1 Å². The molecule has 1 saturated carbocycles. The third-order valence-electron chi connectivity index (χ3n) is 3.92. The molecule has 0 spiro atoms. The van der Waals surface area contributed by atoms with Gasteiger partial charge >= 0.3 is 0 Å². The molecule has 0 aromatic heterocycles. The highest BCUT2D eigenvalue weighted by Crippen LogP contribution is 2.21. The highest BCUT2D eigenvalue weighted by Gasteiger charge is 2.14. The molecule has 23 heavy (non-hydrogen) atoms. The molecule has 0 atom stereocenters. The van der Waals surface area contributed by atoms with Gasteiger partial charge in [0.15, 0.2) is 0 Å². The van der Waals surface area contributed by atoms with Gasteiger partial charge in [0.2, 0.25) is 11.9 Å². The maximum Gasteiger partial charge on any atom is 0.226 e. The van der Waals surface area contributed by atoms with Crippen LogP contribution in [0.15, 0.2) is 40.3 Å². The molecule has 0 radical (unpaired) electrons. The fraction of sp³-hybridized carbons (Fsp3) is 0.556. The molecule has 0 heterocycles. The summed E-state index contributed by atoms with van der Waals surface area (Å²) in [7, 11) is 8.00. The molecule has 5 nitrogen and oxygen atoms in total. The standard InChI is InChI=1S/C18H29N5/c1-22(2)18(23(3)4)21-17(19-15-11-7-5-8-12-15)20-16-13-9-6-10-14-16/h5,7-8,11-12,16H,6,9-10,13-14H2,1-4H3,(H,19,20). The number of rotatable bonds is 2. The molecule has 5 heteroatoms. The first-order chi connectivity index (χ1) is 11.1. The molecule has 2 rings (SSSR count). The van der Waals surface area contributed by atoms with E-state index >= 15 is 0 Å². The maximum atomic E-state index is 4.90. The number of benzene rings is 1. The van der Waals surface area contributed by atoms with Crippen molar-refractivity contribution >= 4 is 17.6 Å². The predicted molar refractivity (Wildman–Crippen MR) is 99.2 cm³/mol. The van der Waals surface area contributed by atoms with Gasteiger partial charge in [-0.2, -0.15) is 4.99 Å². The number of aliphatic imine (C=N–C) groups is 2. The average molecular weight is 315 g/mol. The summed E-state index contributed by atoms with van der Waals surface area (Å²) in [6.45, 7) is 0. The molecule has 1 N–H and O–H groups in total. The lowest BCUT2D eigenvalue weighted by Gasteiger charge is -2.24. The summed E-state index contributed by atoms with van der Waals surface area (Å²) in [4.78, 5) is 13.7. The zero-order valence-corrected chi connectivity index (χ0v) is 14.8. The minimum atomic E-state index is 0.379. The van der Waals surface area contributed by atoms with Crippen molar-refractivity contribution in [1.82, 2.24) is 9.80 Å². The molecular formula is C18H29N5. The molecule has 0 saturated heterocycles. The van der Waals surface area contributed by atoms with Gasteiger partial charge in [-0.25, -0.2) is 4.99 Å². The fourth-order valence-corrected chi connectivity index (χ4v) is 2.82. The number of hydrogen-bond acceptors (Lipinski definition) is 1. The highest BCUT2D eigenvalue weighted by molar-refractivity contribution is 6.02. The van der Waals surface area contributed by atoms with E-state index in [1.165, 1.54) is 19.3 Å². The van der Waals surface area contributed by atoms with Crippen LogP contribution in [0.2, 0.25) is 0 Å². The van der Waals surface area contributed by atoms with E-state index in [0.29, 0.717) is 12.0 Å². The minimum Gasteiger partial charge on any atom is -0.349 e. The Bertz CT molecular complexity index is 518. The Morgan fingerprint density at radius 3 is 2.13 bits per heavy atom. The third-order valence-corrected chi connectivity index (χ3v) is 3.92. The number of anilines is 1. The highest BCUT2D eigenvalue weighted by atomic mass is 15.4. The summed E-state index contributed by atoms with van der Waals surface area (Å²) in [5.74, 6) is 1.57. The number of nitrogens with zero attached hydrogens (tertiary/aromatic N) is 4. The van der Waals surface area contributed by atoms with Crippen LogP contribution in [-0.2, 0) is 0 Å². The molecule has 0 aliphatic heterocycles. The lowest BCUT2D eigenvalue weighted by Crippen LogP contribution is -2.37. The molecule has 1 aromatic carbocycles. The van der Waals surface area contributed by atoms with Crippen LogP contribution in [0.4, 0.5) is 5.69 Å². The van der Waals surface area contributed by atoms with E-state index in [0.717, 1.165) is 24.5 Å². The summed E-state index contributed by atoms with van der Waals surface area (Å²) >= 11 is 0. The van der Waals surface area contributed by atoms with E-state index in [4.69, 9.17) is 9.98 Å². The summed E-state index contributed by atoms with van der Waals surface area (Å²) in [6.07, 6.45) is 6.19. The van der Waals surface area contributed by atoms with Crippen LogP contribution in [0.1, 0.15) is 32.1 Å². The number of hydrogen-bond donors (Lipinski definition) is 1. The fourth-order valence-electron chi connectivity index (χ4n) is 2.82. The summed E-state index contributed by atoms with van der Waals surface area (Å²) < 4.78 is 0. The Balaban J connectivity index is 2.26. The van der Waals surface area contributed by atoms with E-state index in [-0.39, 0.29) is 0 Å². The van der Waals surface area contributed by atoms with Crippen LogP contribution >= 0.6 is 0 Å². The van der Waals surface area contributed by atoms with Gasteiger partial charge in [-0.15, -0.1) is 0 Å². The molecule has 1 aromatic rings.